The summed E-state index contributed by atoms with van der Waals surface area (Å²) in [6.45, 7) is 8.40. The van der Waals surface area contributed by atoms with Gasteiger partial charge in [-0.25, -0.2) is 9.98 Å². The van der Waals surface area contributed by atoms with E-state index in [9.17, 15) is 0 Å². The van der Waals surface area contributed by atoms with Gasteiger partial charge in [-0.15, -0.1) is 35.3 Å². The second-order valence-corrected chi connectivity index (χ2v) is 7.15. The molecule has 1 heterocycles. The van der Waals surface area contributed by atoms with Crippen molar-refractivity contribution in [3.8, 4) is 0 Å². The largest absolute Gasteiger partial charge is 0.378 e. The van der Waals surface area contributed by atoms with Crippen LogP contribution in [-0.4, -0.2) is 31.6 Å². The van der Waals surface area contributed by atoms with Crippen LogP contribution in [0.3, 0.4) is 0 Å². The number of nitrogens with one attached hydrogen (secondary N) is 2. The van der Waals surface area contributed by atoms with E-state index in [1.165, 1.54) is 16.1 Å². The van der Waals surface area contributed by atoms with Crippen molar-refractivity contribution < 1.29 is 0 Å². The van der Waals surface area contributed by atoms with Crippen LogP contribution < -0.4 is 15.5 Å². The first-order chi connectivity index (χ1) is 11.5. The number of guanidine groups is 1. The van der Waals surface area contributed by atoms with Gasteiger partial charge in [0.15, 0.2) is 5.96 Å². The predicted molar refractivity (Wildman–Crippen MR) is 119 cm³/mol. The molecule has 0 saturated carbocycles. The Morgan fingerprint density at radius 1 is 1.24 bits per heavy atom. The van der Waals surface area contributed by atoms with Crippen molar-refractivity contribution >= 4 is 47.0 Å². The summed E-state index contributed by atoms with van der Waals surface area (Å²) < 4.78 is 0. The predicted octanol–water partition coefficient (Wildman–Crippen LogP) is 3.70. The maximum Gasteiger partial charge on any atom is 0.191 e. The van der Waals surface area contributed by atoms with E-state index in [0.29, 0.717) is 13.1 Å². The smallest absolute Gasteiger partial charge is 0.191 e. The van der Waals surface area contributed by atoms with Crippen LogP contribution in [0.5, 0.6) is 0 Å². The molecule has 0 saturated heterocycles. The van der Waals surface area contributed by atoms with Gasteiger partial charge in [0.25, 0.3) is 0 Å². The van der Waals surface area contributed by atoms with Gasteiger partial charge in [-0.1, -0.05) is 12.1 Å². The maximum absolute atomic E-state index is 4.68. The van der Waals surface area contributed by atoms with E-state index in [1.807, 2.05) is 21.0 Å². The number of hydrogen-bond acceptors (Lipinski definition) is 4. The molecule has 2 N–H and O–H groups in total. The first-order valence-electron chi connectivity index (χ1n) is 8.21. The zero-order valence-electron chi connectivity index (χ0n) is 15.6. The molecule has 0 aliphatic carbocycles. The molecule has 0 aliphatic rings. The highest BCUT2D eigenvalue weighted by Crippen LogP contribution is 2.16. The van der Waals surface area contributed by atoms with Crippen molar-refractivity contribution in [3.05, 3.63) is 45.4 Å². The second-order valence-electron chi connectivity index (χ2n) is 5.86. The standard InChI is InChI=1S/C18H27N5S.HI/c1-6-19-18(21-12-17-22-13(2)14(3)24-17)20-11-15-8-7-9-16(10-15)23(4)5;/h7-10H,6,11-12H2,1-5H3,(H2,19,20,21);1H. The van der Waals surface area contributed by atoms with Crippen LogP contribution in [0.25, 0.3) is 0 Å². The topological polar surface area (TPSA) is 52.6 Å². The number of halogens is 1. The molecule has 0 unspecified atom stereocenters. The molecule has 0 atom stereocenters. The molecule has 1 aromatic heterocycles. The van der Waals surface area contributed by atoms with Crippen LogP contribution in [0.4, 0.5) is 5.69 Å². The highest BCUT2D eigenvalue weighted by molar-refractivity contribution is 14.0. The van der Waals surface area contributed by atoms with E-state index < -0.39 is 0 Å². The Labute approximate surface area is 172 Å². The van der Waals surface area contributed by atoms with E-state index >= 15 is 0 Å². The van der Waals surface area contributed by atoms with Gasteiger partial charge in [-0.2, -0.15) is 0 Å². The number of nitrogens with zero attached hydrogens (tertiary/aromatic N) is 3. The van der Waals surface area contributed by atoms with Gasteiger partial charge in [-0.3, -0.25) is 0 Å². The Morgan fingerprint density at radius 3 is 2.60 bits per heavy atom. The van der Waals surface area contributed by atoms with E-state index in [1.54, 1.807) is 11.3 Å². The molecule has 0 amide bonds. The lowest BCUT2D eigenvalue weighted by Gasteiger charge is -2.13. The van der Waals surface area contributed by atoms with Crippen molar-refractivity contribution in [2.24, 2.45) is 4.99 Å². The summed E-state index contributed by atoms with van der Waals surface area (Å²) in [6.07, 6.45) is 0. The molecular weight excluding hydrogens is 445 g/mol. The fourth-order valence-corrected chi connectivity index (χ4v) is 3.09. The van der Waals surface area contributed by atoms with Crippen LogP contribution in [0.2, 0.25) is 0 Å². The molecule has 2 aromatic rings. The lowest BCUT2D eigenvalue weighted by molar-refractivity contribution is 0.809. The van der Waals surface area contributed by atoms with Crippen molar-refractivity contribution in [3.63, 3.8) is 0 Å². The van der Waals surface area contributed by atoms with Crippen LogP contribution in [0.15, 0.2) is 29.3 Å². The summed E-state index contributed by atoms with van der Waals surface area (Å²) in [6, 6.07) is 8.44. The van der Waals surface area contributed by atoms with Crippen LogP contribution >= 0.6 is 35.3 Å². The molecule has 0 aliphatic heterocycles. The third-order valence-corrected chi connectivity index (χ3v) is 4.74. The number of aryl methyl sites for hydroxylation is 2. The highest BCUT2D eigenvalue weighted by atomic mass is 127. The molecule has 1 aromatic carbocycles. The van der Waals surface area contributed by atoms with E-state index in [-0.39, 0.29) is 24.0 Å². The normalized spacial score (nSPS) is 11.0. The van der Waals surface area contributed by atoms with Crippen molar-refractivity contribution in [1.82, 2.24) is 15.6 Å². The molecule has 0 radical (unpaired) electrons. The van der Waals surface area contributed by atoms with Crippen molar-refractivity contribution in [2.75, 3.05) is 25.5 Å². The average Bonchev–Trinajstić information content (AvgIpc) is 2.88. The Morgan fingerprint density at radius 2 is 2.00 bits per heavy atom. The van der Waals surface area contributed by atoms with Crippen LogP contribution in [-0.2, 0) is 13.1 Å². The number of rotatable bonds is 6. The third kappa shape index (κ3) is 6.81. The minimum atomic E-state index is 0. The van der Waals surface area contributed by atoms with Gasteiger partial charge < -0.3 is 15.5 Å². The number of hydrogen-bond donors (Lipinski definition) is 2. The molecule has 0 bridgehead atoms. The lowest BCUT2D eigenvalue weighted by Crippen LogP contribution is -2.36. The summed E-state index contributed by atoms with van der Waals surface area (Å²) in [5, 5.41) is 7.74. The molecule has 0 spiro atoms. The Bertz CT molecular complexity index is 677. The first kappa shape index (κ1) is 21.7. The highest BCUT2D eigenvalue weighted by Gasteiger charge is 2.05. The van der Waals surface area contributed by atoms with Crippen LogP contribution in [0, 0.1) is 13.8 Å². The van der Waals surface area contributed by atoms with Crippen LogP contribution in [0.1, 0.15) is 28.1 Å². The fourth-order valence-electron chi connectivity index (χ4n) is 2.22. The molecule has 5 nitrogen and oxygen atoms in total. The molecular formula is C18H28IN5S. The molecule has 25 heavy (non-hydrogen) atoms. The van der Waals surface area contributed by atoms with Gasteiger partial charge in [0, 0.05) is 31.2 Å². The van der Waals surface area contributed by atoms with E-state index in [4.69, 9.17) is 0 Å². The van der Waals surface area contributed by atoms with E-state index in [0.717, 1.165) is 23.2 Å². The second kappa shape index (κ2) is 10.6. The zero-order chi connectivity index (χ0) is 17.5. The number of aliphatic imine (C=N–C) groups is 1. The Kier molecular flexibility index (Phi) is 9.20. The van der Waals surface area contributed by atoms with Gasteiger partial charge in [0.1, 0.15) is 5.01 Å². The number of aromatic nitrogens is 1. The van der Waals surface area contributed by atoms with Crippen molar-refractivity contribution in [1.29, 1.82) is 0 Å². The summed E-state index contributed by atoms with van der Waals surface area (Å²) in [7, 11) is 4.10. The number of benzene rings is 1. The van der Waals surface area contributed by atoms with Gasteiger partial charge >= 0.3 is 0 Å². The minimum absolute atomic E-state index is 0. The number of anilines is 1. The average molecular weight is 473 g/mol. The number of thiazole rings is 1. The maximum atomic E-state index is 4.68. The summed E-state index contributed by atoms with van der Waals surface area (Å²) >= 11 is 1.73. The summed E-state index contributed by atoms with van der Waals surface area (Å²) in [5.41, 5.74) is 3.49. The Hall–Kier alpha value is -1.35. The molecule has 138 valence electrons. The molecule has 2 rings (SSSR count). The third-order valence-electron chi connectivity index (χ3n) is 3.67. The summed E-state index contributed by atoms with van der Waals surface area (Å²) in [5.74, 6) is 0.818. The monoisotopic (exact) mass is 473 g/mol. The zero-order valence-corrected chi connectivity index (χ0v) is 18.7. The summed E-state index contributed by atoms with van der Waals surface area (Å²) in [4.78, 5) is 12.6. The van der Waals surface area contributed by atoms with Gasteiger partial charge in [0.2, 0.25) is 0 Å². The van der Waals surface area contributed by atoms with Gasteiger partial charge in [0.05, 0.1) is 18.8 Å². The lowest BCUT2D eigenvalue weighted by atomic mass is 10.2. The fraction of sp³-hybridized carbons (Fsp3) is 0.444. The minimum Gasteiger partial charge on any atom is -0.378 e. The molecule has 0 fully saturated rings. The SMILES string of the molecule is CCNC(=NCc1cccc(N(C)C)c1)NCc1nc(C)c(C)s1.I. The Balaban J connectivity index is 0.00000312. The van der Waals surface area contributed by atoms with Crippen molar-refractivity contribution in [2.45, 2.75) is 33.9 Å². The molecule has 7 heteroatoms. The first-order valence-corrected chi connectivity index (χ1v) is 9.02. The quantitative estimate of drug-likeness (QED) is 0.382. The van der Waals surface area contributed by atoms with Gasteiger partial charge in [-0.05, 0) is 38.5 Å². The van der Waals surface area contributed by atoms with E-state index in [2.05, 4.69) is 63.6 Å².